The first-order valence-electron chi connectivity index (χ1n) is 4.12. The van der Waals surface area contributed by atoms with E-state index < -0.39 is 6.17 Å². The molecule has 0 aromatic carbocycles. The molecule has 0 aliphatic carbocycles. The summed E-state index contributed by atoms with van der Waals surface area (Å²) >= 11 is 0. The van der Waals surface area contributed by atoms with E-state index in [1.807, 2.05) is 0 Å². The van der Waals surface area contributed by atoms with Gasteiger partial charge in [0.2, 0.25) is 0 Å². The van der Waals surface area contributed by atoms with Crippen molar-refractivity contribution in [1.29, 1.82) is 0 Å². The maximum absolute atomic E-state index is 12.3. The highest BCUT2D eigenvalue weighted by molar-refractivity contribution is 4.82. The zero-order chi connectivity index (χ0) is 7.56. The summed E-state index contributed by atoms with van der Waals surface area (Å²) in [5.74, 6) is 0. The number of likely N-dealkylation sites (tertiary alicyclic amines) is 1. The molecule has 1 heterocycles. The average molecular weight is 145 g/mol. The fourth-order valence-electron chi connectivity index (χ4n) is 1.42. The molecule has 0 aromatic heterocycles. The summed E-state index contributed by atoms with van der Waals surface area (Å²) < 4.78 is 12.3. The Morgan fingerprint density at radius 1 is 1.60 bits per heavy atom. The van der Waals surface area contributed by atoms with Crippen LogP contribution in [-0.2, 0) is 0 Å². The molecule has 0 spiro atoms. The molecule has 0 N–H and O–H groups in total. The van der Waals surface area contributed by atoms with Crippen LogP contribution < -0.4 is 0 Å². The summed E-state index contributed by atoms with van der Waals surface area (Å²) in [5.41, 5.74) is 0. The first-order valence-corrected chi connectivity index (χ1v) is 4.12. The Bertz CT molecular complexity index is 96.7. The molecule has 0 radical (unpaired) electrons. The highest BCUT2D eigenvalue weighted by Crippen LogP contribution is 2.17. The van der Waals surface area contributed by atoms with Crippen LogP contribution >= 0.6 is 0 Å². The molecular formula is C8H16FN. The normalized spacial score (nSPS) is 24.3. The predicted molar refractivity (Wildman–Crippen MR) is 40.8 cm³/mol. The average Bonchev–Trinajstić information content (AvgIpc) is 1.82. The second-order valence-electron chi connectivity index (χ2n) is 3.19. The third kappa shape index (κ3) is 1.69. The second-order valence-corrected chi connectivity index (χ2v) is 3.19. The molecule has 10 heavy (non-hydrogen) atoms. The zero-order valence-corrected chi connectivity index (χ0v) is 6.81. The number of alkyl halides is 1. The van der Waals surface area contributed by atoms with Crippen LogP contribution in [-0.4, -0.2) is 30.2 Å². The van der Waals surface area contributed by atoms with Gasteiger partial charge in [-0.3, -0.25) is 4.90 Å². The van der Waals surface area contributed by atoms with Crippen molar-refractivity contribution < 1.29 is 4.39 Å². The number of halogens is 1. The minimum atomic E-state index is -0.542. The van der Waals surface area contributed by atoms with E-state index in [1.54, 1.807) is 0 Å². The fourth-order valence-corrected chi connectivity index (χ4v) is 1.42. The van der Waals surface area contributed by atoms with Crippen molar-refractivity contribution in [2.45, 2.75) is 38.9 Å². The van der Waals surface area contributed by atoms with Crippen LogP contribution in [0.3, 0.4) is 0 Å². The smallest absolute Gasteiger partial charge is 0.125 e. The first kappa shape index (κ1) is 7.99. The van der Waals surface area contributed by atoms with E-state index in [-0.39, 0.29) is 0 Å². The molecule has 1 nitrogen and oxygen atoms in total. The van der Waals surface area contributed by atoms with Crippen molar-refractivity contribution in [3.05, 3.63) is 0 Å². The summed E-state index contributed by atoms with van der Waals surface area (Å²) in [6.45, 7) is 5.68. The molecule has 1 unspecified atom stereocenters. The van der Waals surface area contributed by atoms with Crippen LogP contribution in [0.1, 0.15) is 26.7 Å². The van der Waals surface area contributed by atoms with E-state index in [2.05, 4.69) is 18.7 Å². The molecule has 1 atom stereocenters. The molecule has 2 heteroatoms. The van der Waals surface area contributed by atoms with Crippen molar-refractivity contribution in [2.24, 2.45) is 0 Å². The van der Waals surface area contributed by atoms with Gasteiger partial charge in [-0.1, -0.05) is 13.3 Å². The topological polar surface area (TPSA) is 3.24 Å². The molecule has 0 amide bonds. The summed E-state index contributed by atoms with van der Waals surface area (Å²) in [4.78, 5) is 2.20. The summed E-state index contributed by atoms with van der Waals surface area (Å²) in [7, 11) is 0. The Balaban J connectivity index is 2.11. The van der Waals surface area contributed by atoms with Crippen LogP contribution in [0, 0.1) is 0 Å². The van der Waals surface area contributed by atoms with Gasteiger partial charge in [-0.2, -0.15) is 0 Å². The molecule has 0 aromatic rings. The molecule has 1 rings (SSSR count). The largest absolute Gasteiger partial charge is 0.295 e. The van der Waals surface area contributed by atoms with Gasteiger partial charge < -0.3 is 0 Å². The van der Waals surface area contributed by atoms with Gasteiger partial charge in [-0.05, 0) is 13.3 Å². The molecule has 60 valence electrons. The summed E-state index contributed by atoms with van der Waals surface area (Å²) in [6, 6.07) is 0.594. The van der Waals surface area contributed by atoms with Gasteiger partial charge in [0.15, 0.2) is 0 Å². The maximum atomic E-state index is 12.3. The molecule has 0 bridgehead atoms. The number of hydrogen-bond acceptors (Lipinski definition) is 1. The minimum Gasteiger partial charge on any atom is -0.295 e. The van der Waals surface area contributed by atoms with Crippen molar-refractivity contribution in [3.63, 3.8) is 0 Å². The monoisotopic (exact) mass is 145 g/mol. The van der Waals surface area contributed by atoms with E-state index >= 15 is 0 Å². The quantitative estimate of drug-likeness (QED) is 0.585. The van der Waals surface area contributed by atoms with Crippen LogP contribution in [0.5, 0.6) is 0 Å². The molecule has 0 saturated carbocycles. The minimum absolute atomic E-state index is 0.542. The SMILES string of the molecule is CCCC(C)N1CC(F)C1. The maximum Gasteiger partial charge on any atom is 0.125 e. The molecule has 1 fully saturated rings. The van der Waals surface area contributed by atoms with Gasteiger partial charge in [-0.15, -0.1) is 0 Å². The lowest BCUT2D eigenvalue weighted by molar-refractivity contribution is 0.0305. The lowest BCUT2D eigenvalue weighted by Crippen LogP contribution is -2.52. The number of hydrogen-bond donors (Lipinski definition) is 0. The van der Waals surface area contributed by atoms with Crippen molar-refractivity contribution >= 4 is 0 Å². The summed E-state index contributed by atoms with van der Waals surface area (Å²) in [6.07, 6.45) is 1.86. The van der Waals surface area contributed by atoms with Crippen LogP contribution in [0.4, 0.5) is 4.39 Å². The Morgan fingerprint density at radius 3 is 2.60 bits per heavy atom. The van der Waals surface area contributed by atoms with E-state index in [9.17, 15) is 4.39 Å². The lowest BCUT2D eigenvalue weighted by atomic mass is 10.1. The zero-order valence-electron chi connectivity index (χ0n) is 6.81. The molecule has 1 saturated heterocycles. The highest BCUT2D eigenvalue weighted by Gasteiger charge is 2.28. The summed E-state index contributed by atoms with van der Waals surface area (Å²) in [5, 5.41) is 0. The van der Waals surface area contributed by atoms with Gasteiger partial charge in [0.1, 0.15) is 6.17 Å². The van der Waals surface area contributed by atoms with Crippen molar-refractivity contribution in [1.82, 2.24) is 4.90 Å². The number of rotatable bonds is 3. The Morgan fingerprint density at radius 2 is 2.20 bits per heavy atom. The van der Waals surface area contributed by atoms with Crippen LogP contribution in [0.2, 0.25) is 0 Å². The van der Waals surface area contributed by atoms with E-state index in [0.717, 1.165) is 0 Å². The van der Waals surface area contributed by atoms with Gasteiger partial charge in [0.05, 0.1) is 0 Å². The van der Waals surface area contributed by atoms with Crippen LogP contribution in [0.15, 0.2) is 0 Å². The molecular weight excluding hydrogens is 129 g/mol. The van der Waals surface area contributed by atoms with Gasteiger partial charge in [0, 0.05) is 19.1 Å². The van der Waals surface area contributed by atoms with E-state index in [4.69, 9.17) is 0 Å². The van der Waals surface area contributed by atoms with Crippen molar-refractivity contribution in [3.8, 4) is 0 Å². The number of nitrogens with zero attached hydrogens (tertiary/aromatic N) is 1. The molecule has 1 aliphatic rings. The van der Waals surface area contributed by atoms with Crippen molar-refractivity contribution in [2.75, 3.05) is 13.1 Å². The van der Waals surface area contributed by atoms with E-state index in [0.29, 0.717) is 19.1 Å². The Labute approximate surface area is 62.2 Å². The van der Waals surface area contributed by atoms with Crippen LogP contribution in [0.25, 0.3) is 0 Å². The third-order valence-corrected chi connectivity index (χ3v) is 2.20. The first-order chi connectivity index (χ1) is 4.74. The van der Waals surface area contributed by atoms with Gasteiger partial charge in [-0.25, -0.2) is 4.39 Å². The standard InChI is InChI=1S/C8H16FN/c1-3-4-7(2)10-5-8(9)6-10/h7-8H,3-6H2,1-2H3. The predicted octanol–water partition coefficient (Wildman–Crippen LogP) is 1.83. The van der Waals surface area contributed by atoms with Gasteiger partial charge >= 0.3 is 0 Å². The highest BCUT2D eigenvalue weighted by atomic mass is 19.1. The Kier molecular flexibility index (Phi) is 2.66. The third-order valence-electron chi connectivity index (χ3n) is 2.20. The lowest BCUT2D eigenvalue weighted by Gasteiger charge is -2.39. The second kappa shape index (κ2) is 3.33. The fraction of sp³-hybridized carbons (Fsp3) is 1.00. The van der Waals surface area contributed by atoms with E-state index in [1.165, 1.54) is 12.8 Å². The molecule has 1 aliphatic heterocycles. The Hall–Kier alpha value is -0.110. The van der Waals surface area contributed by atoms with Gasteiger partial charge in [0.25, 0.3) is 0 Å².